The van der Waals surface area contributed by atoms with Gasteiger partial charge in [-0.05, 0) is 25.1 Å². The second-order valence-corrected chi connectivity index (χ2v) is 6.08. The Morgan fingerprint density at radius 2 is 1.83 bits per heavy atom. The summed E-state index contributed by atoms with van der Waals surface area (Å²) in [5, 5.41) is 0.468. The number of nitrogens with zero attached hydrogens (tertiary/aromatic N) is 1. The molecule has 1 aliphatic heterocycles. The lowest BCUT2D eigenvalue weighted by atomic mass is 10.1. The smallest absolute Gasteiger partial charge is 0.303 e. The monoisotopic (exact) mass is 329 g/mol. The van der Waals surface area contributed by atoms with Gasteiger partial charge < -0.3 is 4.90 Å². The highest BCUT2D eigenvalue weighted by Crippen LogP contribution is 2.30. The van der Waals surface area contributed by atoms with Crippen molar-refractivity contribution < 1.29 is 14.5 Å². The number of carbonyl (C=O) groups excluding carboxylic acids is 2. The van der Waals surface area contributed by atoms with E-state index in [0.29, 0.717) is 22.9 Å². The summed E-state index contributed by atoms with van der Waals surface area (Å²) in [6.45, 7) is 4.20. The molecule has 0 aliphatic carbocycles. The zero-order valence-corrected chi connectivity index (χ0v) is 13.6. The van der Waals surface area contributed by atoms with E-state index >= 15 is 0 Å². The van der Waals surface area contributed by atoms with Crippen LogP contribution in [0.3, 0.4) is 0 Å². The molecule has 5 heteroatoms. The van der Waals surface area contributed by atoms with Crippen LogP contribution in [0.25, 0.3) is 0 Å². The summed E-state index contributed by atoms with van der Waals surface area (Å²) in [5.74, 6) is -0.945. The lowest BCUT2D eigenvalue weighted by molar-refractivity contribution is -0.910. The molecule has 3 rings (SSSR count). The van der Waals surface area contributed by atoms with Gasteiger partial charge in [0.1, 0.15) is 6.54 Å². The molecule has 1 aliphatic rings. The van der Waals surface area contributed by atoms with E-state index in [9.17, 15) is 9.59 Å². The minimum Gasteiger partial charge on any atom is -0.314 e. The van der Waals surface area contributed by atoms with Gasteiger partial charge in [0.15, 0.2) is 6.67 Å². The number of quaternary nitrogens is 1. The fraction of sp³-hybridized carbons (Fsp3) is 0.222. The first kappa shape index (κ1) is 15.7. The number of ketones is 1. The van der Waals surface area contributed by atoms with E-state index in [1.807, 2.05) is 18.2 Å². The Bertz CT molecular complexity index is 746. The van der Waals surface area contributed by atoms with Crippen molar-refractivity contribution in [3.63, 3.8) is 0 Å². The second kappa shape index (κ2) is 6.52. The molecule has 1 atom stereocenters. The fourth-order valence-electron chi connectivity index (χ4n) is 2.83. The molecule has 0 radical (unpaired) electrons. The first-order valence-electron chi connectivity index (χ1n) is 7.63. The number of carbonyl (C=O) groups is 2. The number of hydrogen-bond donors (Lipinski definition) is 1. The molecule has 1 N–H and O–H groups in total. The molecule has 118 valence electrons. The van der Waals surface area contributed by atoms with Crippen LogP contribution in [0.4, 0.5) is 5.69 Å². The highest BCUT2D eigenvalue weighted by molar-refractivity contribution is 6.52. The minimum atomic E-state index is -0.474. The Kier molecular flexibility index (Phi) is 4.46. The van der Waals surface area contributed by atoms with Gasteiger partial charge in [0.2, 0.25) is 0 Å². The molecule has 0 spiro atoms. The molecule has 0 bridgehead atoms. The average Bonchev–Trinajstić information content (AvgIpc) is 2.79. The molecule has 0 saturated carbocycles. The quantitative estimate of drug-likeness (QED) is 0.852. The maximum absolute atomic E-state index is 12.3. The first-order chi connectivity index (χ1) is 11.1. The van der Waals surface area contributed by atoms with Crippen LogP contribution in [0.5, 0.6) is 0 Å². The molecule has 0 fully saturated rings. The molecule has 1 unspecified atom stereocenters. The predicted molar refractivity (Wildman–Crippen MR) is 89.8 cm³/mol. The Morgan fingerprint density at radius 3 is 2.52 bits per heavy atom. The van der Waals surface area contributed by atoms with Crippen molar-refractivity contribution in [1.29, 1.82) is 0 Å². The largest absolute Gasteiger partial charge is 0.314 e. The molecule has 1 heterocycles. The average molecular weight is 330 g/mol. The van der Waals surface area contributed by atoms with Crippen molar-refractivity contribution >= 4 is 29.0 Å². The van der Waals surface area contributed by atoms with Crippen LogP contribution in [0.2, 0.25) is 5.02 Å². The van der Waals surface area contributed by atoms with E-state index in [4.69, 9.17) is 11.6 Å². The summed E-state index contributed by atoms with van der Waals surface area (Å²) in [6.07, 6.45) is 0. The standard InChI is InChI=1S/C18H17ClN2O2/c1-2-20(11-13-6-4-3-5-7-13)12-21-16-9-8-14(19)10-15(16)17(22)18(21)23/h3-10H,2,11-12H2,1H3/p+1. The van der Waals surface area contributed by atoms with E-state index < -0.39 is 11.7 Å². The third kappa shape index (κ3) is 3.14. The van der Waals surface area contributed by atoms with Gasteiger partial charge in [0, 0.05) is 10.6 Å². The van der Waals surface area contributed by atoms with Gasteiger partial charge in [-0.1, -0.05) is 41.9 Å². The predicted octanol–water partition coefficient (Wildman–Crippen LogP) is 1.93. The van der Waals surface area contributed by atoms with Gasteiger partial charge in [-0.3, -0.25) is 14.5 Å². The van der Waals surface area contributed by atoms with Crippen LogP contribution in [0.1, 0.15) is 22.8 Å². The number of anilines is 1. The summed E-state index contributed by atoms with van der Waals surface area (Å²) < 4.78 is 0. The Morgan fingerprint density at radius 1 is 1.09 bits per heavy atom. The number of halogens is 1. The van der Waals surface area contributed by atoms with Crippen LogP contribution in [0, 0.1) is 0 Å². The van der Waals surface area contributed by atoms with Gasteiger partial charge in [-0.2, -0.15) is 0 Å². The number of amides is 1. The lowest BCUT2D eigenvalue weighted by Gasteiger charge is -2.24. The number of hydrogen-bond acceptors (Lipinski definition) is 2. The fourth-order valence-corrected chi connectivity index (χ4v) is 3.00. The molecular weight excluding hydrogens is 312 g/mol. The van der Waals surface area contributed by atoms with Crippen LogP contribution in [-0.4, -0.2) is 24.9 Å². The molecular formula is C18H18ClN2O2+. The van der Waals surface area contributed by atoms with Crippen molar-refractivity contribution in [3.8, 4) is 0 Å². The summed E-state index contributed by atoms with van der Waals surface area (Å²) >= 11 is 5.94. The Balaban J connectivity index is 1.81. The molecule has 2 aromatic carbocycles. The molecule has 2 aromatic rings. The summed E-state index contributed by atoms with van der Waals surface area (Å²) in [6, 6.07) is 15.2. The van der Waals surface area contributed by atoms with Crippen molar-refractivity contribution in [2.75, 3.05) is 18.1 Å². The molecule has 0 saturated heterocycles. The number of benzene rings is 2. The third-order valence-corrected chi connectivity index (χ3v) is 4.35. The minimum absolute atomic E-state index is 0.401. The number of Topliss-reactive ketones (excluding diaryl/α,β-unsaturated/α-hetero) is 1. The van der Waals surface area contributed by atoms with E-state index in [0.717, 1.165) is 13.1 Å². The molecule has 23 heavy (non-hydrogen) atoms. The topological polar surface area (TPSA) is 41.8 Å². The highest BCUT2D eigenvalue weighted by atomic mass is 35.5. The SMILES string of the molecule is CC[NH+](Cc1ccccc1)CN1C(=O)C(=O)c2cc(Cl)ccc21. The van der Waals surface area contributed by atoms with Crippen LogP contribution in [-0.2, 0) is 11.3 Å². The maximum Gasteiger partial charge on any atom is 0.303 e. The zero-order valence-electron chi connectivity index (χ0n) is 12.9. The van der Waals surface area contributed by atoms with Crippen molar-refractivity contribution in [2.24, 2.45) is 0 Å². The Labute approximate surface area is 140 Å². The van der Waals surface area contributed by atoms with Crippen LogP contribution in [0.15, 0.2) is 48.5 Å². The summed E-state index contributed by atoms with van der Waals surface area (Å²) in [7, 11) is 0. The van der Waals surface area contributed by atoms with Crippen LogP contribution < -0.4 is 9.80 Å². The lowest BCUT2D eigenvalue weighted by Crippen LogP contribution is -3.12. The van der Waals surface area contributed by atoms with Crippen LogP contribution >= 0.6 is 11.6 Å². The van der Waals surface area contributed by atoms with Crippen molar-refractivity contribution in [3.05, 3.63) is 64.7 Å². The van der Waals surface area contributed by atoms with Gasteiger partial charge in [-0.15, -0.1) is 0 Å². The van der Waals surface area contributed by atoms with E-state index in [2.05, 4.69) is 19.1 Å². The summed E-state index contributed by atoms with van der Waals surface area (Å²) in [4.78, 5) is 27.2. The van der Waals surface area contributed by atoms with Gasteiger partial charge >= 0.3 is 5.91 Å². The summed E-state index contributed by atoms with van der Waals surface area (Å²) in [5.41, 5.74) is 2.26. The Hall–Kier alpha value is -2.17. The number of rotatable bonds is 5. The zero-order chi connectivity index (χ0) is 16.4. The van der Waals surface area contributed by atoms with Crippen molar-refractivity contribution in [1.82, 2.24) is 0 Å². The van der Waals surface area contributed by atoms with Gasteiger partial charge in [0.25, 0.3) is 5.78 Å². The molecule has 1 amide bonds. The first-order valence-corrected chi connectivity index (χ1v) is 8.01. The van der Waals surface area contributed by atoms with Gasteiger partial charge in [-0.25, -0.2) is 0 Å². The van der Waals surface area contributed by atoms with E-state index in [1.54, 1.807) is 23.1 Å². The van der Waals surface area contributed by atoms with Gasteiger partial charge in [0.05, 0.1) is 17.8 Å². The third-order valence-electron chi connectivity index (χ3n) is 4.11. The second-order valence-electron chi connectivity index (χ2n) is 5.65. The molecule has 0 aromatic heterocycles. The van der Waals surface area contributed by atoms with Crippen molar-refractivity contribution in [2.45, 2.75) is 13.5 Å². The number of fused-ring (bicyclic) bond motifs is 1. The molecule has 4 nitrogen and oxygen atoms in total. The maximum atomic E-state index is 12.3. The number of nitrogens with one attached hydrogen (secondary N) is 1. The van der Waals surface area contributed by atoms with E-state index in [1.165, 1.54) is 10.5 Å². The highest BCUT2D eigenvalue weighted by Gasteiger charge is 2.37. The van der Waals surface area contributed by atoms with E-state index in [-0.39, 0.29) is 0 Å². The normalized spacial score (nSPS) is 15.0.